The molecule has 3 N–H and O–H groups in total. The molecule has 0 atom stereocenters. The molecule has 1 aromatic carbocycles. The van der Waals surface area contributed by atoms with Crippen molar-refractivity contribution in [1.82, 2.24) is 9.97 Å². The Kier molecular flexibility index (Phi) is 4.18. The highest BCUT2D eigenvalue weighted by atomic mass is 32.2. The van der Waals surface area contributed by atoms with E-state index in [-0.39, 0.29) is 4.90 Å². The van der Waals surface area contributed by atoms with E-state index < -0.39 is 10.0 Å². The number of nitrogens with one attached hydrogen (secondary N) is 1. The third-order valence-electron chi connectivity index (χ3n) is 4.46. The number of fused-ring (bicyclic) bond motifs is 3. The largest absolute Gasteiger partial charge is 0.365 e. The zero-order valence-corrected chi connectivity index (χ0v) is 15.2. The van der Waals surface area contributed by atoms with Gasteiger partial charge in [-0.15, -0.1) is 11.3 Å². The molecular formula is C17H18N4O2S2. The highest BCUT2D eigenvalue weighted by molar-refractivity contribution is 7.89. The maximum Gasteiger partial charge on any atom is 0.238 e. The number of hydrogen-bond acceptors (Lipinski definition) is 6. The molecule has 3 aromatic rings. The molecule has 0 fully saturated rings. The summed E-state index contributed by atoms with van der Waals surface area (Å²) in [5.41, 5.74) is 2.35. The van der Waals surface area contributed by atoms with Gasteiger partial charge in [0.15, 0.2) is 0 Å². The van der Waals surface area contributed by atoms with Gasteiger partial charge in [0.05, 0.1) is 10.3 Å². The van der Waals surface area contributed by atoms with Crippen LogP contribution in [0, 0.1) is 0 Å². The van der Waals surface area contributed by atoms with Crippen LogP contribution in [0.1, 0.15) is 28.8 Å². The van der Waals surface area contributed by atoms with E-state index in [1.54, 1.807) is 29.8 Å². The fourth-order valence-electron chi connectivity index (χ4n) is 3.21. The summed E-state index contributed by atoms with van der Waals surface area (Å²) in [5.74, 6) is 0.847. The molecule has 0 radical (unpaired) electrons. The quantitative estimate of drug-likeness (QED) is 0.732. The molecule has 1 aliphatic rings. The Balaban J connectivity index is 1.60. The molecule has 2 heterocycles. The molecular weight excluding hydrogens is 356 g/mol. The average Bonchev–Trinajstić information content (AvgIpc) is 2.98. The molecule has 0 saturated heterocycles. The predicted octanol–water partition coefficient (Wildman–Crippen LogP) is 2.83. The lowest BCUT2D eigenvalue weighted by Crippen LogP contribution is -2.12. The summed E-state index contributed by atoms with van der Waals surface area (Å²) >= 11 is 1.77. The highest BCUT2D eigenvalue weighted by Crippen LogP contribution is 2.38. The number of aryl methyl sites for hydroxylation is 2. The van der Waals surface area contributed by atoms with Crippen molar-refractivity contribution in [3.05, 3.63) is 46.6 Å². The fraction of sp³-hybridized carbons (Fsp3) is 0.294. The van der Waals surface area contributed by atoms with Gasteiger partial charge in [0, 0.05) is 11.4 Å². The summed E-state index contributed by atoms with van der Waals surface area (Å²) in [7, 11) is -3.66. The first-order valence-corrected chi connectivity index (χ1v) is 10.5. The molecule has 25 heavy (non-hydrogen) atoms. The second-order valence-corrected chi connectivity index (χ2v) is 8.80. The number of rotatable bonds is 4. The maximum absolute atomic E-state index is 11.3. The van der Waals surface area contributed by atoms with Crippen molar-refractivity contribution in [3.63, 3.8) is 0 Å². The number of hydrogen-bond donors (Lipinski definition) is 2. The summed E-state index contributed by atoms with van der Waals surface area (Å²) in [6, 6.07) is 6.56. The van der Waals surface area contributed by atoms with Crippen molar-refractivity contribution in [2.75, 3.05) is 5.32 Å². The first kappa shape index (κ1) is 16.4. The minimum Gasteiger partial charge on any atom is -0.365 e. The Morgan fingerprint density at radius 3 is 2.64 bits per heavy atom. The summed E-state index contributed by atoms with van der Waals surface area (Å²) < 4.78 is 22.6. The van der Waals surface area contributed by atoms with Gasteiger partial charge in [-0.25, -0.2) is 23.5 Å². The molecule has 4 rings (SSSR count). The number of aromatic nitrogens is 2. The van der Waals surface area contributed by atoms with Crippen LogP contribution in [0.5, 0.6) is 0 Å². The number of benzene rings is 1. The summed E-state index contributed by atoms with van der Waals surface area (Å²) in [5, 5.41) is 9.64. The third-order valence-corrected chi connectivity index (χ3v) is 6.59. The van der Waals surface area contributed by atoms with Crippen LogP contribution >= 0.6 is 11.3 Å². The number of nitrogens with zero attached hydrogens (tertiary/aromatic N) is 2. The van der Waals surface area contributed by atoms with Gasteiger partial charge < -0.3 is 5.32 Å². The van der Waals surface area contributed by atoms with Crippen molar-refractivity contribution < 1.29 is 8.42 Å². The SMILES string of the molecule is NS(=O)(=O)c1ccc(CNc2ncnc3sc4c(c23)CCCC4)cc1. The van der Waals surface area contributed by atoms with Gasteiger partial charge in [-0.2, -0.15) is 0 Å². The van der Waals surface area contributed by atoms with Crippen LogP contribution in [-0.2, 0) is 29.4 Å². The fourth-order valence-corrected chi connectivity index (χ4v) is 4.95. The summed E-state index contributed by atoms with van der Waals surface area (Å²) in [6.07, 6.45) is 6.26. The number of thiophene rings is 1. The molecule has 0 amide bonds. The van der Waals surface area contributed by atoms with Gasteiger partial charge in [0.25, 0.3) is 0 Å². The van der Waals surface area contributed by atoms with E-state index in [4.69, 9.17) is 5.14 Å². The smallest absolute Gasteiger partial charge is 0.238 e. The predicted molar refractivity (Wildman–Crippen MR) is 99.2 cm³/mol. The van der Waals surface area contributed by atoms with E-state index in [0.717, 1.165) is 34.4 Å². The molecule has 1 aliphatic carbocycles. The third kappa shape index (κ3) is 3.24. The lowest BCUT2D eigenvalue weighted by molar-refractivity contribution is 0.598. The van der Waals surface area contributed by atoms with E-state index in [1.807, 2.05) is 0 Å². The molecule has 2 aromatic heterocycles. The van der Waals surface area contributed by atoms with Crippen LogP contribution < -0.4 is 10.5 Å². The van der Waals surface area contributed by atoms with Crippen LogP contribution in [0.25, 0.3) is 10.2 Å². The second-order valence-electron chi connectivity index (χ2n) is 6.16. The van der Waals surface area contributed by atoms with Gasteiger partial charge in [0.2, 0.25) is 10.0 Å². The Bertz CT molecular complexity index is 1030. The molecule has 8 heteroatoms. The van der Waals surface area contributed by atoms with Crippen molar-refractivity contribution >= 4 is 37.4 Å². The monoisotopic (exact) mass is 374 g/mol. The Morgan fingerprint density at radius 1 is 1.12 bits per heavy atom. The van der Waals surface area contributed by atoms with E-state index in [1.165, 1.54) is 35.4 Å². The number of sulfonamides is 1. The van der Waals surface area contributed by atoms with Gasteiger partial charge in [-0.1, -0.05) is 12.1 Å². The molecule has 0 spiro atoms. The molecule has 6 nitrogen and oxygen atoms in total. The van der Waals surface area contributed by atoms with Crippen LogP contribution in [-0.4, -0.2) is 18.4 Å². The van der Waals surface area contributed by atoms with E-state index in [0.29, 0.717) is 6.54 Å². The highest BCUT2D eigenvalue weighted by Gasteiger charge is 2.19. The van der Waals surface area contributed by atoms with Crippen LogP contribution in [0.4, 0.5) is 5.82 Å². The molecule has 0 aliphatic heterocycles. The van der Waals surface area contributed by atoms with E-state index >= 15 is 0 Å². The molecule has 0 bridgehead atoms. The van der Waals surface area contributed by atoms with E-state index in [2.05, 4.69) is 15.3 Å². The Labute approximate surface area is 150 Å². The normalized spacial score (nSPS) is 14.4. The van der Waals surface area contributed by atoms with Gasteiger partial charge in [-0.05, 0) is 48.9 Å². The summed E-state index contributed by atoms with van der Waals surface area (Å²) in [6.45, 7) is 0.557. The lowest BCUT2D eigenvalue weighted by Gasteiger charge is -2.12. The first-order valence-electron chi connectivity index (χ1n) is 8.13. The Hall–Kier alpha value is -2.03. The first-order chi connectivity index (χ1) is 12.0. The van der Waals surface area contributed by atoms with Crippen LogP contribution in [0.3, 0.4) is 0 Å². The standard InChI is InChI=1S/C17H18N4O2S2/c18-25(22,23)12-7-5-11(6-8-12)9-19-16-15-13-3-1-2-4-14(13)24-17(15)21-10-20-16/h5-8,10H,1-4,9H2,(H2,18,22,23)(H,19,20,21). The second kappa shape index (κ2) is 6.36. The van der Waals surface area contributed by atoms with Crippen LogP contribution in [0.15, 0.2) is 35.5 Å². The van der Waals surface area contributed by atoms with Crippen molar-refractivity contribution in [1.29, 1.82) is 0 Å². The van der Waals surface area contributed by atoms with Gasteiger partial charge >= 0.3 is 0 Å². The van der Waals surface area contributed by atoms with Crippen LogP contribution in [0.2, 0.25) is 0 Å². The lowest BCUT2D eigenvalue weighted by atomic mass is 9.97. The van der Waals surface area contributed by atoms with Crippen molar-refractivity contribution in [2.45, 2.75) is 37.1 Å². The zero-order valence-electron chi connectivity index (χ0n) is 13.5. The van der Waals surface area contributed by atoms with Gasteiger partial charge in [-0.3, -0.25) is 0 Å². The number of nitrogens with two attached hydrogens (primary N) is 1. The minimum atomic E-state index is -3.66. The summed E-state index contributed by atoms with van der Waals surface area (Å²) in [4.78, 5) is 11.4. The molecule has 0 unspecified atom stereocenters. The average molecular weight is 374 g/mol. The number of primary sulfonamides is 1. The van der Waals surface area contributed by atoms with Crippen molar-refractivity contribution in [3.8, 4) is 0 Å². The molecule has 0 saturated carbocycles. The number of anilines is 1. The zero-order chi connectivity index (χ0) is 17.4. The molecule has 130 valence electrons. The Morgan fingerprint density at radius 2 is 1.88 bits per heavy atom. The van der Waals surface area contributed by atoms with Crippen molar-refractivity contribution in [2.24, 2.45) is 5.14 Å². The van der Waals surface area contributed by atoms with Gasteiger partial charge in [0.1, 0.15) is 17.0 Å². The maximum atomic E-state index is 11.3. The topological polar surface area (TPSA) is 98.0 Å². The minimum absolute atomic E-state index is 0.118. The van der Waals surface area contributed by atoms with E-state index in [9.17, 15) is 8.42 Å².